The lowest BCUT2D eigenvalue weighted by Crippen LogP contribution is -2.27. The summed E-state index contributed by atoms with van der Waals surface area (Å²) in [7, 11) is 0. The van der Waals surface area contributed by atoms with Gasteiger partial charge in [0.2, 0.25) is 0 Å². The lowest BCUT2D eigenvalue weighted by atomic mass is 10.2. The second-order valence-electron chi connectivity index (χ2n) is 1.97. The van der Waals surface area contributed by atoms with Crippen LogP contribution in [0.25, 0.3) is 0 Å². The first-order valence-electron chi connectivity index (χ1n) is 2.88. The highest BCUT2D eigenvalue weighted by molar-refractivity contribution is 4.81. The molecule has 1 atom stereocenters. The Kier molecular flexibility index (Phi) is 1.86. The highest BCUT2D eigenvalue weighted by Crippen LogP contribution is 2.14. The summed E-state index contributed by atoms with van der Waals surface area (Å²) < 4.78 is 10.4. The minimum Gasteiger partial charge on any atom is -0.373 e. The Balaban J connectivity index is 2.28. The molecule has 1 unspecified atom stereocenters. The van der Waals surface area contributed by atoms with E-state index in [1.165, 1.54) is 0 Å². The molecule has 0 spiro atoms. The highest BCUT2D eigenvalue weighted by Gasteiger charge is 2.18. The second kappa shape index (κ2) is 2.46. The number of ether oxygens (including phenoxy) is 2. The largest absolute Gasteiger partial charge is 0.373 e. The number of hydrogen-bond donors (Lipinski definition) is 0. The molecule has 2 heteroatoms. The van der Waals surface area contributed by atoms with E-state index in [-0.39, 0.29) is 6.10 Å². The number of hydrogen-bond acceptors (Lipinski definition) is 2. The van der Waals surface area contributed by atoms with Crippen LogP contribution in [0, 0.1) is 6.10 Å². The molecule has 0 N–H and O–H groups in total. The fourth-order valence-electron chi connectivity index (χ4n) is 0.662. The van der Waals surface area contributed by atoms with Crippen molar-refractivity contribution in [3.8, 4) is 0 Å². The lowest BCUT2D eigenvalue weighted by molar-refractivity contribution is -0.0704. The van der Waals surface area contributed by atoms with Gasteiger partial charge in [-0.25, -0.2) is 0 Å². The van der Waals surface area contributed by atoms with Crippen molar-refractivity contribution in [3.63, 3.8) is 0 Å². The van der Waals surface area contributed by atoms with E-state index in [0.29, 0.717) is 0 Å². The molecule has 0 saturated carbocycles. The first kappa shape index (κ1) is 6.05. The van der Waals surface area contributed by atoms with Crippen LogP contribution < -0.4 is 0 Å². The van der Waals surface area contributed by atoms with Crippen LogP contribution >= 0.6 is 0 Å². The monoisotopic (exact) mass is 115 g/mol. The molecule has 1 heterocycles. The summed E-state index contributed by atoms with van der Waals surface area (Å²) in [5, 5.41) is 0. The van der Waals surface area contributed by atoms with E-state index in [9.17, 15) is 0 Å². The van der Waals surface area contributed by atoms with E-state index >= 15 is 0 Å². The maximum Gasteiger partial charge on any atom is 0.122 e. The molecule has 47 valence electrons. The van der Waals surface area contributed by atoms with Gasteiger partial charge in [0, 0.05) is 0 Å². The molecule has 0 aromatic carbocycles. The second-order valence-corrected chi connectivity index (χ2v) is 1.97. The van der Waals surface area contributed by atoms with Gasteiger partial charge in [-0.3, -0.25) is 0 Å². The van der Waals surface area contributed by atoms with Crippen LogP contribution in [0.3, 0.4) is 0 Å². The van der Waals surface area contributed by atoms with Crippen LogP contribution in [0.2, 0.25) is 0 Å². The van der Waals surface area contributed by atoms with Crippen molar-refractivity contribution in [2.45, 2.75) is 20.0 Å². The zero-order valence-electron chi connectivity index (χ0n) is 5.31. The standard InChI is InChI=1S/C6H11O2/c1-5-6(2)8-4-3-7-5/h5H,3-4H2,1-2H3. The maximum absolute atomic E-state index is 5.23. The molecule has 2 nitrogen and oxygen atoms in total. The summed E-state index contributed by atoms with van der Waals surface area (Å²) in [4.78, 5) is 0. The molecule has 1 rings (SSSR count). The molecule has 0 aromatic heterocycles. The normalized spacial score (nSPS) is 33.0. The Labute approximate surface area is 49.8 Å². The first-order valence-corrected chi connectivity index (χ1v) is 2.88. The van der Waals surface area contributed by atoms with Crippen molar-refractivity contribution < 1.29 is 9.47 Å². The fraction of sp³-hybridized carbons (Fsp3) is 0.833. The van der Waals surface area contributed by atoms with Crippen molar-refractivity contribution in [2.75, 3.05) is 13.2 Å². The van der Waals surface area contributed by atoms with Gasteiger partial charge in [-0.2, -0.15) is 0 Å². The molecule has 1 saturated heterocycles. The van der Waals surface area contributed by atoms with Gasteiger partial charge < -0.3 is 9.47 Å². The predicted molar refractivity (Wildman–Crippen MR) is 30.3 cm³/mol. The van der Waals surface area contributed by atoms with E-state index in [4.69, 9.17) is 9.47 Å². The molecule has 0 aromatic rings. The van der Waals surface area contributed by atoms with Crippen molar-refractivity contribution in [2.24, 2.45) is 0 Å². The summed E-state index contributed by atoms with van der Waals surface area (Å²) in [6.45, 7) is 5.40. The number of rotatable bonds is 0. The molecule has 0 bridgehead atoms. The minimum absolute atomic E-state index is 0.198. The Morgan fingerprint density at radius 1 is 1.50 bits per heavy atom. The lowest BCUT2D eigenvalue weighted by Gasteiger charge is -2.24. The zero-order valence-corrected chi connectivity index (χ0v) is 5.31. The van der Waals surface area contributed by atoms with Gasteiger partial charge in [-0.15, -0.1) is 0 Å². The Hall–Kier alpha value is -0.0800. The maximum atomic E-state index is 5.23. The van der Waals surface area contributed by atoms with E-state index in [1.54, 1.807) is 0 Å². The predicted octanol–water partition coefficient (Wildman–Crippen LogP) is 0.974. The Morgan fingerprint density at radius 3 is 2.62 bits per heavy atom. The van der Waals surface area contributed by atoms with Gasteiger partial charge in [0.1, 0.15) is 6.10 Å². The molecule has 1 aliphatic heterocycles. The summed E-state index contributed by atoms with van der Waals surface area (Å²) in [6.07, 6.45) is 1.19. The minimum atomic E-state index is 0.198. The summed E-state index contributed by atoms with van der Waals surface area (Å²) in [5.41, 5.74) is 0. The van der Waals surface area contributed by atoms with Crippen LogP contribution in [-0.2, 0) is 9.47 Å². The van der Waals surface area contributed by atoms with Crippen LogP contribution in [0.1, 0.15) is 13.8 Å². The van der Waals surface area contributed by atoms with Crippen LogP contribution in [0.4, 0.5) is 0 Å². The van der Waals surface area contributed by atoms with Gasteiger partial charge in [0.05, 0.1) is 19.3 Å². The topological polar surface area (TPSA) is 18.5 Å². The van der Waals surface area contributed by atoms with Crippen molar-refractivity contribution in [1.82, 2.24) is 0 Å². The average Bonchev–Trinajstić information content (AvgIpc) is 1.77. The van der Waals surface area contributed by atoms with E-state index < -0.39 is 0 Å². The van der Waals surface area contributed by atoms with Gasteiger partial charge >= 0.3 is 0 Å². The first-order chi connectivity index (χ1) is 3.80. The van der Waals surface area contributed by atoms with E-state index in [0.717, 1.165) is 19.3 Å². The molecule has 1 fully saturated rings. The third-order valence-electron chi connectivity index (χ3n) is 1.35. The van der Waals surface area contributed by atoms with E-state index in [1.807, 2.05) is 13.8 Å². The van der Waals surface area contributed by atoms with Gasteiger partial charge in [0.25, 0.3) is 0 Å². The SMILES string of the molecule is C[C]1OCCOC1C. The summed E-state index contributed by atoms with van der Waals surface area (Å²) in [6, 6.07) is 0. The Bertz CT molecular complexity index is 62.9. The van der Waals surface area contributed by atoms with Gasteiger partial charge in [-0.1, -0.05) is 0 Å². The van der Waals surface area contributed by atoms with E-state index in [2.05, 4.69) is 0 Å². The van der Waals surface area contributed by atoms with Crippen LogP contribution in [0.5, 0.6) is 0 Å². The summed E-state index contributed by atoms with van der Waals surface area (Å²) >= 11 is 0. The van der Waals surface area contributed by atoms with Crippen molar-refractivity contribution in [1.29, 1.82) is 0 Å². The Morgan fingerprint density at radius 2 is 2.25 bits per heavy atom. The van der Waals surface area contributed by atoms with Crippen LogP contribution in [0.15, 0.2) is 0 Å². The van der Waals surface area contributed by atoms with Crippen molar-refractivity contribution in [3.05, 3.63) is 6.10 Å². The quantitative estimate of drug-likeness (QED) is 0.468. The third-order valence-corrected chi connectivity index (χ3v) is 1.35. The molecule has 0 amide bonds. The fourth-order valence-corrected chi connectivity index (χ4v) is 0.662. The smallest absolute Gasteiger partial charge is 0.122 e. The van der Waals surface area contributed by atoms with Gasteiger partial charge in [0.15, 0.2) is 0 Å². The van der Waals surface area contributed by atoms with Crippen molar-refractivity contribution >= 4 is 0 Å². The molecule has 1 aliphatic rings. The molecular weight excluding hydrogens is 104 g/mol. The summed E-state index contributed by atoms with van der Waals surface area (Å²) in [5.74, 6) is 0. The molecular formula is C6H11O2. The molecule has 8 heavy (non-hydrogen) atoms. The van der Waals surface area contributed by atoms with Crippen LogP contribution in [-0.4, -0.2) is 19.3 Å². The third kappa shape index (κ3) is 1.20. The molecule has 1 radical (unpaired) electrons. The highest BCUT2D eigenvalue weighted by atomic mass is 16.6. The average molecular weight is 115 g/mol. The molecule has 0 aliphatic carbocycles. The van der Waals surface area contributed by atoms with Gasteiger partial charge in [-0.05, 0) is 13.8 Å². The zero-order chi connectivity index (χ0) is 5.98.